The van der Waals surface area contributed by atoms with Crippen LogP contribution in [-0.4, -0.2) is 36.9 Å². The molecule has 0 aliphatic heterocycles. The summed E-state index contributed by atoms with van der Waals surface area (Å²) < 4.78 is 31.5. The van der Waals surface area contributed by atoms with Gasteiger partial charge in [0.25, 0.3) is 0 Å². The Balaban J connectivity index is 1.95. The normalized spacial score (nSPS) is 11.7. The van der Waals surface area contributed by atoms with Gasteiger partial charge in [-0.25, -0.2) is 8.42 Å². The van der Waals surface area contributed by atoms with Gasteiger partial charge in [-0.1, -0.05) is 47.2 Å². The summed E-state index contributed by atoms with van der Waals surface area (Å²) in [4.78, 5) is 10.7. The summed E-state index contributed by atoms with van der Waals surface area (Å²) >= 11 is 7.16. The van der Waals surface area contributed by atoms with E-state index in [0.29, 0.717) is 16.5 Å². The van der Waals surface area contributed by atoms with Crippen molar-refractivity contribution in [2.45, 2.75) is 19.9 Å². The Kier molecular flexibility index (Phi) is 7.72. The molecule has 0 saturated heterocycles. The fourth-order valence-electron chi connectivity index (χ4n) is 2.10. The number of rotatable bonds is 9. The minimum absolute atomic E-state index is 0.159. The van der Waals surface area contributed by atoms with Crippen LogP contribution in [0.2, 0.25) is 5.02 Å². The number of nitrogens with one attached hydrogen (secondary N) is 1. The third kappa shape index (κ3) is 6.90. The molecule has 2 rings (SSSR count). The fourth-order valence-corrected chi connectivity index (χ4v) is 4.22. The highest BCUT2D eigenvalue weighted by Crippen LogP contribution is 2.21. The van der Waals surface area contributed by atoms with Crippen LogP contribution in [0.1, 0.15) is 23.1 Å². The van der Waals surface area contributed by atoms with Crippen LogP contribution in [-0.2, 0) is 32.5 Å². The Morgan fingerprint density at radius 2 is 2.19 bits per heavy atom. The van der Waals surface area contributed by atoms with E-state index in [1.165, 1.54) is 13.0 Å². The Morgan fingerprint density at radius 3 is 2.89 bits per heavy atom. The number of esters is 1. The number of nitrogens with two attached hydrogens (primary N) is 1. The highest BCUT2D eigenvalue weighted by atomic mass is 35.5. The number of carbonyl (C=O) groups excluding carboxylic acids is 1. The van der Waals surface area contributed by atoms with Gasteiger partial charge in [0.15, 0.2) is 0 Å². The number of hydrogen-bond acceptors (Lipinski definition) is 8. The zero-order chi connectivity index (χ0) is 19.9. The minimum Gasteiger partial charge on any atom is -0.465 e. The molecule has 0 amide bonds. The number of carbonyl (C=O) groups is 1. The molecule has 0 bridgehead atoms. The summed E-state index contributed by atoms with van der Waals surface area (Å²) in [6, 6.07) is 5.31. The van der Waals surface area contributed by atoms with E-state index in [4.69, 9.17) is 22.1 Å². The predicted molar refractivity (Wildman–Crippen MR) is 106 cm³/mol. The van der Waals surface area contributed by atoms with Crippen molar-refractivity contribution in [2.24, 2.45) is 5.73 Å². The molecular formula is C16H19ClN4O4S2. The Hall–Kier alpha value is -2.01. The molecule has 0 spiro atoms. The smallest absolute Gasteiger partial charge is 0.302 e. The quantitative estimate of drug-likeness (QED) is 0.584. The second-order valence-electron chi connectivity index (χ2n) is 5.39. The van der Waals surface area contributed by atoms with Gasteiger partial charge in [0.1, 0.15) is 5.01 Å². The molecule has 2 aromatic rings. The van der Waals surface area contributed by atoms with Gasteiger partial charge in [-0.05, 0) is 17.2 Å². The van der Waals surface area contributed by atoms with Crippen LogP contribution in [0.15, 0.2) is 24.3 Å². The largest absolute Gasteiger partial charge is 0.465 e. The van der Waals surface area contributed by atoms with E-state index in [1.807, 2.05) is 6.07 Å². The van der Waals surface area contributed by atoms with Crippen LogP contribution in [0.5, 0.6) is 0 Å². The van der Waals surface area contributed by atoms with Crippen LogP contribution in [0.25, 0.3) is 6.08 Å². The van der Waals surface area contributed by atoms with Gasteiger partial charge in [0.2, 0.25) is 15.2 Å². The number of hydrogen-bond donors (Lipinski definition) is 2. The average Bonchev–Trinajstić information content (AvgIpc) is 3.01. The summed E-state index contributed by atoms with van der Waals surface area (Å²) in [5.41, 5.74) is 7.19. The molecule has 1 heterocycles. The summed E-state index contributed by atoms with van der Waals surface area (Å²) in [6.07, 6.45) is 3.54. The first kappa shape index (κ1) is 21.3. The second-order valence-corrected chi connectivity index (χ2v) is 8.62. The summed E-state index contributed by atoms with van der Waals surface area (Å²) in [5, 5.41) is 8.91. The monoisotopic (exact) mass is 430 g/mol. The highest BCUT2D eigenvalue weighted by Gasteiger charge is 2.13. The van der Waals surface area contributed by atoms with E-state index >= 15 is 0 Å². The van der Waals surface area contributed by atoms with Gasteiger partial charge in [-0.15, -0.1) is 10.2 Å². The zero-order valence-corrected chi connectivity index (χ0v) is 16.9. The van der Waals surface area contributed by atoms with Crippen LogP contribution in [0.3, 0.4) is 0 Å². The summed E-state index contributed by atoms with van der Waals surface area (Å²) in [6.45, 7) is 1.74. The maximum absolute atomic E-state index is 12.2. The standard InChI is InChI=1S/C16H19ClN4O4S2/c1-11(22)25-8-7-15-19-20-16(26-15)21-27(23,24)9-3-5-12-4-2-6-14(17)13(12)10-18/h2-6H,7-10,18H2,1H3,(H,20,21). The van der Waals surface area contributed by atoms with Crippen LogP contribution < -0.4 is 10.5 Å². The molecule has 11 heteroatoms. The lowest BCUT2D eigenvalue weighted by Gasteiger charge is -2.05. The molecule has 1 aromatic carbocycles. The summed E-state index contributed by atoms with van der Waals surface area (Å²) in [7, 11) is -3.63. The molecule has 0 atom stereocenters. The van der Waals surface area contributed by atoms with E-state index < -0.39 is 10.0 Å². The molecule has 27 heavy (non-hydrogen) atoms. The predicted octanol–water partition coefficient (Wildman–Crippen LogP) is 2.21. The van der Waals surface area contributed by atoms with Crippen molar-refractivity contribution in [1.29, 1.82) is 0 Å². The van der Waals surface area contributed by atoms with Gasteiger partial charge in [-0.2, -0.15) is 0 Å². The molecule has 146 valence electrons. The van der Waals surface area contributed by atoms with Gasteiger partial charge in [0, 0.05) is 24.9 Å². The first-order valence-corrected chi connectivity index (χ1v) is 10.8. The Bertz CT molecular complexity index is 928. The molecule has 0 unspecified atom stereocenters. The molecular weight excluding hydrogens is 412 g/mol. The first-order chi connectivity index (χ1) is 12.8. The highest BCUT2D eigenvalue weighted by molar-refractivity contribution is 7.93. The van der Waals surface area contributed by atoms with E-state index in [2.05, 4.69) is 14.9 Å². The van der Waals surface area contributed by atoms with Crippen molar-refractivity contribution >= 4 is 50.1 Å². The maximum atomic E-state index is 12.2. The zero-order valence-electron chi connectivity index (χ0n) is 14.5. The SMILES string of the molecule is CC(=O)OCCc1nnc(NS(=O)(=O)CC=Cc2cccc(Cl)c2CN)s1. The van der Waals surface area contributed by atoms with Crippen molar-refractivity contribution < 1.29 is 17.9 Å². The van der Waals surface area contributed by atoms with Crippen molar-refractivity contribution in [3.8, 4) is 0 Å². The third-order valence-electron chi connectivity index (χ3n) is 3.30. The molecule has 1 aromatic heterocycles. The van der Waals surface area contributed by atoms with Gasteiger partial charge in [0.05, 0.1) is 12.4 Å². The van der Waals surface area contributed by atoms with Gasteiger partial charge in [-0.3, -0.25) is 9.52 Å². The molecule has 0 fully saturated rings. The van der Waals surface area contributed by atoms with Crippen LogP contribution in [0, 0.1) is 0 Å². The fraction of sp³-hybridized carbons (Fsp3) is 0.312. The molecule has 3 N–H and O–H groups in total. The Labute approximate surface area is 166 Å². The number of sulfonamides is 1. The van der Waals surface area contributed by atoms with Crippen molar-refractivity contribution in [2.75, 3.05) is 17.1 Å². The topological polar surface area (TPSA) is 124 Å². The summed E-state index contributed by atoms with van der Waals surface area (Å²) in [5.74, 6) is -0.629. The second kappa shape index (κ2) is 9.79. The first-order valence-electron chi connectivity index (χ1n) is 7.91. The van der Waals surface area contributed by atoms with Crippen LogP contribution in [0.4, 0.5) is 5.13 Å². The lowest BCUT2D eigenvalue weighted by Crippen LogP contribution is -2.15. The Morgan fingerprint density at radius 1 is 1.41 bits per heavy atom. The average molecular weight is 431 g/mol. The molecule has 0 radical (unpaired) electrons. The van der Waals surface area contributed by atoms with Gasteiger partial charge < -0.3 is 10.5 Å². The molecule has 0 saturated carbocycles. The maximum Gasteiger partial charge on any atom is 0.302 e. The molecule has 0 aliphatic rings. The minimum atomic E-state index is -3.63. The van der Waals surface area contributed by atoms with Gasteiger partial charge >= 0.3 is 5.97 Å². The number of halogens is 1. The van der Waals surface area contributed by atoms with Crippen LogP contribution >= 0.6 is 22.9 Å². The number of aromatic nitrogens is 2. The van der Waals surface area contributed by atoms with E-state index in [-0.39, 0.29) is 30.0 Å². The lowest BCUT2D eigenvalue weighted by molar-refractivity contribution is -0.140. The van der Waals surface area contributed by atoms with Crippen molar-refractivity contribution in [3.63, 3.8) is 0 Å². The van der Waals surface area contributed by atoms with E-state index in [1.54, 1.807) is 18.2 Å². The third-order valence-corrected chi connectivity index (χ3v) is 5.82. The lowest BCUT2D eigenvalue weighted by atomic mass is 10.1. The molecule has 0 aliphatic carbocycles. The van der Waals surface area contributed by atoms with Crippen molar-refractivity contribution in [1.82, 2.24) is 10.2 Å². The number of anilines is 1. The van der Waals surface area contributed by atoms with E-state index in [9.17, 15) is 13.2 Å². The number of ether oxygens (including phenoxy) is 1. The molecule has 8 nitrogen and oxygen atoms in total. The van der Waals surface area contributed by atoms with Crippen molar-refractivity contribution in [3.05, 3.63) is 45.4 Å². The van der Waals surface area contributed by atoms with E-state index in [0.717, 1.165) is 22.5 Å². The number of benzene rings is 1. The number of nitrogens with zero attached hydrogens (tertiary/aromatic N) is 2.